The fourth-order valence-corrected chi connectivity index (χ4v) is 2.61. The Morgan fingerprint density at radius 3 is 2.86 bits per heavy atom. The lowest BCUT2D eigenvalue weighted by Gasteiger charge is -2.15. The van der Waals surface area contributed by atoms with Crippen molar-refractivity contribution in [3.63, 3.8) is 0 Å². The monoisotopic (exact) mass is 302 g/mol. The number of carbonyl (C=O) groups is 2. The van der Waals surface area contributed by atoms with Crippen LogP contribution in [0.3, 0.4) is 0 Å². The molecule has 7 nitrogen and oxygen atoms in total. The topological polar surface area (TPSA) is 87.3 Å². The number of aromatic amines is 1. The van der Waals surface area contributed by atoms with Gasteiger partial charge in [0, 0.05) is 18.5 Å². The summed E-state index contributed by atoms with van der Waals surface area (Å²) in [5.41, 5.74) is 1.01. The van der Waals surface area contributed by atoms with Crippen molar-refractivity contribution in [1.82, 2.24) is 20.4 Å². The molecule has 1 aromatic carbocycles. The van der Waals surface area contributed by atoms with Gasteiger partial charge in [-0.25, -0.2) is 0 Å². The first-order valence-corrected chi connectivity index (χ1v) is 7.27. The van der Waals surface area contributed by atoms with Gasteiger partial charge in [-0.05, 0) is 31.0 Å². The molecular formula is C15H18N4O3. The Bertz CT molecular complexity index is 704. The highest BCUT2D eigenvalue weighted by molar-refractivity contribution is 6.05. The Morgan fingerprint density at radius 1 is 1.36 bits per heavy atom. The van der Waals surface area contributed by atoms with Gasteiger partial charge in [-0.1, -0.05) is 0 Å². The number of ether oxygens (including phenoxy) is 1. The van der Waals surface area contributed by atoms with Gasteiger partial charge in [-0.2, -0.15) is 5.10 Å². The van der Waals surface area contributed by atoms with Crippen LogP contribution in [-0.4, -0.2) is 53.7 Å². The van der Waals surface area contributed by atoms with Crippen LogP contribution >= 0.6 is 0 Å². The van der Waals surface area contributed by atoms with Crippen molar-refractivity contribution in [2.75, 3.05) is 26.7 Å². The molecule has 2 heterocycles. The summed E-state index contributed by atoms with van der Waals surface area (Å²) in [4.78, 5) is 25.9. The molecule has 0 unspecified atom stereocenters. The quantitative estimate of drug-likeness (QED) is 0.879. The van der Waals surface area contributed by atoms with E-state index in [4.69, 9.17) is 4.74 Å². The smallest absolute Gasteiger partial charge is 0.272 e. The minimum atomic E-state index is -0.368. The maximum atomic E-state index is 12.2. The average Bonchev–Trinajstić information content (AvgIpc) is 3.20. The van der Waals surface area contributed by atoms with Crippen LogP contribution < -0.4 is 10.1 Å². The summed E-state index contributed by atoms with van der Waals surface area (Å²) in [7, 11) is 1.57. The number of methoxy groups -OCH3 is 1. The van der Waals surface area contributed by atoms with Crippen molar-refractivity contribution < 1.29 is 14.3 Å². The van der Waals surface area contributed by atoms with Crippen molar-refractivity contribution in [3.8, 4) is 5.75 Å². The van der Waals surface area contributed by atoms with E-state index in [1.165, 1.54) is 0 Å². The van der Waals surface area contributed by atoms with Gasteiger partial charge in [-0.3, -0.25) is 14.7 Å². The van der Waals surface area contributed by atoms with E-state index in [2.05, 4.69) is 15.5 Å². The fraction of sp³-hybridized carbons (Fsp3) is 0.400. The average molecular weight is 302 g/mol. The van der Waals surface area contributed by atoms with Crippen LogP contribution in [0.1, 0.15) is 23.3 Å². The molecule has 0 bridgehead atoms. The highest BCUT2D eigenvalue weighted by Crippen LogP contribution is 2.21. The first kappa shape index (κ1) is 14.4. The standard InChI is InChI=1S/C15H18N4O3/c1-22-10-4-5-12-11(8-10)14(18-17-12)15(21)16-9-13(20)19-6-2-3-7-19/h4-5,8H,2-3,6-7,9H2,1H3,(H,16,21)(H,17,18). The highest BCUT2D eigenvalue weighted by atomic mass is 16.5. The van der Waals surface area contributed by atoms with Gasteiger partial charge in [0.25, 0.3) is 5.91 Å². The van der Waals surface area contributed by atoms with Gasteiger partial charge >= 0.3 is 0 Å². The third-order valence-corrected chi connectivity index (χ3v) is 3.84. The van der Waals surface area contributed by atoms with Crippen LogP contribution in [0.15, 0.2) is 18.2 Å². The molecule has 1 aliphatic rings. The van der Waals surface area contributed by atoms with Crippen LogP contribution in [0.2, 0.25) is 0 Å². The molecule has 7 heteroatoms. The Kier molecular flexibility index (Phi) is 3.95. The number of fused-ring (bicyclic) bond motifs is 1. The van der Waals surface area contributed by atoms with Crippen LogP contribution in [-0.2, 0) is 4.79 Å². The lowest BCUT2D eigenvalue weighted by molar-refractivity contribution is -0.129. The Hall–Kier alpha value is -2.57. The van der Waals surface area contributed by atoms with E-state index in [1.54, 1.807) is 30.2 Å². The number of likely N-dealkylation sites (tertiary alicyclic amines) is 1. The highest BCUT2D eigenvalue weighted by Gasteiger charge is 2.20. The third kappa shape index (κ3) is 2.74. The Labute approximate surface area is 127 Å². The van der Waals surface area contributed by atoms with E-state index in [1.807, 2.05) is 0 Å². The zero-order valence-corrected chi connectivity index (χ0v) is 12.4. The number of carbonyl (C=O) groups excluding carboxylic acids is 2. The summed E-state index contributed by atoms with van der Waals surface area (Å²) in [6.45, 7) is 1.55. The van der Waals surface area contributed by atoms with E-state index < -0.39 is 0 Å². The molecular weight excluding hydrogens is 284 g/mol. The predicted octanol–water partition coefficient (Wildman–Crippen LogP) is 0.924. The van der Waals surface area contributed by atoms with Crippen molar-refractivity contribution in [2.24, 2.45) is 0 Å². The number of H-pyrrole nitrogens is 1. The molecule has 0 spiro atoms. The molecule has 22 heavy (non-hydrogen) atoms. The second-order valence-corrected chi connectivity index (χ2v) is 5.25. The summed E-state index contributed by atoms with van der Waals surface area (Å²) in [5, 5.41) is 10.1. The lowest BCUT2D eigenvalue weighted by atomic mass is 10.2. The largest absolute Gasteiger partial charge is 0.497 e. The van der Waals surface area contributed by atoms with Gasteiger partial charge < -0.3 is 15.0 Å². The molecule has 2 amide bonds. The van der Waals surface area contributed by atoms with Crippen molar-refractivity contribution in [3.05, 3.63) is 23.9 Å². The van der Waals surface area contributed by atoms with Crippen LogP contribution in [0, 0.1) is 0 Å². The number of hydrogen-bond acceptors (Lipinski definition) is 4. The van der Waals surface area contributed by atoms with Crippen molar-refractivity contribution in [1.29, 1.82) is 0 Å². The molecule has 1 saturated heterocycles. The van der Waals surface area contributed by atoms with Gasteiger partial charge in [0.1, 0.15) is 5.75 Å². The van der Waals surface area contributed by atoms with E-state index in [-0.39, 0.29) is 24.1 Å². The number of nitrogens with zero attached hydrogens (tertiary/aromatic N) is 2. The predicted molar refractivity (Wildman–Crippen MR) is 80.8 cm³/mol. The van der Waals surface area contributed by atoms with E-state index in [0.717, 1.165) is 31.4 Å². The SMILES string of the molecule is COc1ccc2[nH]nc(C(=O)NCC(=O)N3CCCC3)c2c1. The molecule has 116 valence electrons. The maximum absolute atomic E-state index is 12.2. The summed E-state index contributed by atoms with van der Waals surface area (Å²) >= 11 is 0. The molecule has 1 fully saturated rings. The Morgan fingerprint density at radius 2 is 2.14 bits per heavy atom. The molecule has 1 aliphatic heterocycles. The van der Waals surface area contributed by atoms with Crippen LogP contribution in [0.4, 0.5) is 0 Å². The molecule has 0 atom stereocenters. The second kappa shape index (κ2) is 6.05. The molecule has 1 aromatic heterocycles. The number of hydrogen-bond donors (Lipinski definition) is 2. The lowest BCUT2D eigenvalue weighted by Crippen LogP contribution is -2.38. The van der Waals surface area contributed by atoms with E-state index in [9.17, 15) is 9.59 Å². The van der Waals surface area contributed by atoms with E-state index in [0.29, 0.717) is 11.1 Å². The minimum Gasteiger partial charge on any atom is -0.497 e. The maximum Gasteiger partial charge on any atom is 0.272 e. The summed E-state index contributed by atoms with van der Waals surface area (Å²) in [5.74, 6) is 0.228. The first-order chi connectivity index (χ1) is 10.7. The number of nitrogens with one attached hydrogen (secondary N) is 2. The molecule has 0 radical (unpaired) electrons. The molecule has 2 aromatic rings. The molecule has 3 rings (SSSR count). The molecule has 0 saturated carbocycles. The minimum absolute atomic E-state index is 0.00282. The number of aromatic nitrogens is 2. The van der Waals surface area contributed by atoms with E-state index >= 15 is 0 Å². The Balaban J connectivity index is 1.70. The van der Waals surface area contributed by atoms with Gasteiger partial charge in [0.15, 0.2) is 5.69 Å². The van der Waals surface area contributed by atoms with Crippen molar-refractivity contribution >= 4 is 22.7 Å². The van der Waals surface area contributed by atoms with Gasteiger partial charge in [0.2, 0.25) is 5.91 Å². The zero-order chi connectivity index (χ0) is 15.5. The first-order valence-electron chi connectivity index (χ1n) is 7.27. The number of rotatable bonds is 4. The summed E-state index contributed by atoms with van der Waals surface area (Å²) < 4.78 is 5.16. The number of benzene rings is 1. The van der Waals surface area contributed by atoms with Gasteiger partial charge in [-0.15, -0.1) is 0 Å². The van der Waals surface area contributed by atoms with Crippen LogP contribution in [0.25, 0.3) is 10.9 Å². The van der Waals surface area contributed by atoms with Crippen molar-refractivity contribution in [2.45, 2.75) is 12.8 Å². The molecule has 2 N–H and O–H groups in total. The molecule has 0 aliphatic carbocycles. The van der Waals surface area contributed by atoms with Gasteiger partial charge in [0.05, 0.1) is 19.2 Å². The third-order valence-electron chi connectivity index (χ3n) is 3.84. The fourth-order valence-electron chi connectivity index (χ4n) is 2.61. The normalized spacial score (nSPS) is 14.3. The second-order valence-electron chi connectivity index (χ2n) is 5.25. The zero-order valence-electron chi connectivity index (χ0n) is 12.4. The van der Waals surface area contributed by atoms with Crippen LogP contribution in [0.5, 0.6) is 5.75 Å². The summed E-state index contributed by atoms with van der Waals surface area (Å²) in [6.07, 6.45) is 2.06. The summed E-state index contributed by atoms with van der Waals surface area (Å²) in [6, 6.07) is 5.34. The number of amides is 2.